The standard InChI is InChI=1S/C11H18N4O/c1-11(2)4-3-6-15(7-5-11)10(16)9-8-12-14-13-9/h8H,3-7H2,1-2H3,(H,12,13,14). The van der Waals surface area contributed by atoms with E-state index in [2.05, 4.69) is 29.3 Å². The lowest BCUT2D eigenvalue weighted by Crippen LogP contribution is -2.32. The van der Waals surface area contributed by atoms with Gasteiger partial charge in [0.15, 0.2) is 5.69 Å². The van der Waals surface area contributed by atoms with Crippen molar-refractivity contribution in [3.8, 4) is 0 Å². The van der Waals surface area contributed by atoms with Crippen LogP contribution in [0.4, 0.5) is 0 Å². The highest BCUT2D eigenvalue weighted by Gasteiger charge is 2.26. The number of nitrogens with one attached hydrogen (secondary N) is 1. The van der Waals surface area contributed by atoms with Gasteiger partial charge < -0.3 is 4.90 Å². The van der Waals surface area contributed by atoms with Crippen LogP contribution in [0.15, 0.2) is 6.20 Å². The first-order valence-electron chi connectivity index (χ1n) is 5.73. The second-order valence-corrected chi connectivity index (χ2v) is 5.17. The lowest BCUT2D eigenvalue weighted by atomic mass is 9.85. The summed E-state index contributed by atoms with van der Waals surface area (Å²) in [4.78, 5) is 13.9. The number of aromatic nitrogens is 3. The fourth-order valence-corrected chi connectivity index (χ4v) is 2.09. The highest BCUT2D eigenvalue weighted by Crippen LogP contribution is 2.29. The quantitative estimate of drug-likeness (QED) is 0.782. The number of hydrogen-bond donors (Lipinski definition) is 1. The van der Waals surface area contributed by atoms with Crippen molar-refractivity contribution >= 4 is 5.91 Å². The fourth-order valence-electron chi connectivity index (χ4n) is 2.09. The zero-order chi connectivity index (χ0) is 11.6. The molecular weight excluding hydrogens is 204 g/mol. The minimum absolute atomic E-state index is 0.00792. The molecule has 88 valence electrons. The molecule has 1 N–H and O–H groups in total. The van der Waals surface area contributed by atoms with E-state index in [1.165, 1.54) is 12.6 Å². The molecule has 1 aliphatic heterocycles. The molecule has 16 heavy (non-hydrogen) atoms. The molecule has 1 aromatic rings. The van der Waals surface area contributed by atoms with E-state index in [-0.39, 0.29) is 5.91 Å². The predicted molar refractivity (Wildman–Crippen MR) is 59.9 cm³/mol. The summed E-state index contributed by atoms with van der Waals surface area (Å²) >= 11 is 0. The summed E-state index contributed by atoms with van der Waals surface area (Å²) in [5.74, 6) is -0.00792. The van der Waals surface area contributed by atoms with Crippen LogP contribution < -0.4 is 0 Å². The summed E-state index contributed by atoms with van der Waals surface area (Å²) in [6, 6.07) is 0. The molecule has 1 aliphatic rings. The van der Waals surface area contributed by atoms with Crippen LogP contribution in [0.2, 0.25) is 0 Å². The van der Waals surface area contributed by atoms with E-state index in [0.717, 1.165) is 25.9 Å². The van der Waals surface area contributed by atoms with Crippen LogP contribution in [-0.4, -0.2) is 39.3 Å². The number of rotatable bonds is 1. The van der Waals surface area contributed by atoms with E-state index in [1.807, 2.05) is 4.90 Å². The Balaban J connectivity index is 2.03. The number of hydrogen-bond acceptors (Lipinski definition) is 3. The average Bonchev–Trinajstić information content (AvgIpc) is 2.69. The summed E-state index contributed by atoms with van der Waals surface area (Å²) in [5.41, 5.74) is 0.762. The van der Waals surface area contributed by atoms with E-state index >= 15 is 0 Å². The van der Waals surface area contributed by atoms with Crippen molar-refractivity contribution in [2.75, 3.05) is 13.1 Å². The SMILES string of the molecule is CC1(C)CCCN(C(=O)c2cn[nH]n2)CC1. The minimum Gasteiger partial charge on any atom is -0.337 e. The topological polar surface area (TPSA) is 61.9 Å². The molecule has 0 aliphatic carbocycles. The van der Waals surface area contributed by atoms with Crippen LogP contribution in [0, 0.1) is 5.41 Å². The molecule has 1 aromatic heterocycles. The molecule has 1 saturated heterocycles. The van der Waals surface area contributed by atoms with Crippen LogP contribution >= 0.6 is 0 Å². The van der Waals surface area contributed by atoms with E-state index in [4.69, 9.17) is 0 Å². The fraction of sp³-hybridized carbons (Fsp3) is 0.727. The third-order valence-corrected chi connectivity index (χ3v) is 3.26. The molecule has 0 saturated carbocycles. The molecule has 1 fully saturated rings. The summed E-state index contributed by atoms with van der Waals surface area (Å²) in [7, 11) is 0. The molecule has 0 unspecified atom stereocenters. The second kappa shape index (κ2) is 4.23. The number of likely N-dealkylation sites (tertiary alicyclic amines) is 1. The maximum Gasteiger partial charge on any atom is 0.276 e. The lowest BCUT2D eigenvalue weighted by molar-refractivity contribution is 0.0751. The second-order valence-electron chi connectivity index (χ2n) is 5.17. The highest BCUT2D eigenvalue weighted by molar-refractivity contribution is 5.91. The van der Waals surface area contributed by atoms with Gasteiger partial charge >= 0.3 is 0 Å². The van der Waals surface area contributed by atoms with E-state index in [9.17, 15) is 4.79 Å². The van der Waals surface area contributed by atoms with Gasteiger partial charge in [-0.2, -0.15) is 15.4 Å². The van der Waals surface area contributed by atoms with Gasteiger partial charge in [0, 0.05) is 13.1 Å². The summed E-state index contributed by atoms with van der Waals surface area (Å²) in [6.07, 6.45) is 4.78. The molecule has 2 heterocycles. The van der Waals surface area contributed by atoms with Crippen molar-refractivity contribution < 1.29 is 4.79 Å². The Labute approximate surface area is 95.2 Å². The third-order valence-electron chi connectivity index (χ3n) is 3.26. The number of amides is 1. The van der Waals surface area contributed by atoms with Crippen molar-refractivity contribution in [2.24, 2.45) is 5.41 Å². The number of H-pyrrole nitrogens is 1. The Morgan fingerprint density at radius 1 is 1.44 bits per heavy atom. The summed E-state index contributed by atoms with van der Waals surface area (Å²) in [5, 5.41) is 9.97. The van der Waals surface area contributed by atoms with Crippen molar-refractivity contribution in [3.63, 3.8) is 0 Å². The Hall–Kier alpha value is -1.39. The molecule has 5 nitrogen and oxygen atoms in total. The largest absolute Gasteiger partial charge is 0.337 e. The Morgan fingerprint density at radius 2 is 2.25 bits per heavy atom. The van der Waals surface area contributed by atoms with Gasteiger partial charge in [-0.3, -0.25) is 4.79 Å². The molecule has 0 bridgehead atoms. The van der Waals surface area contributed by atoms with Gasteiger partial charge in [0.1, 0.15) is 0 Å². The van der Waals surface area contributed by atoms with Crippen LogP contribution in [-0.2, 0) is 0 Å². The van der Waals surface area contributed by atoms with E-state index in [1.54, 1.807) is 0 Å². The lowest BCUT2D eigenvalue weighted by Gasteiger charge is -2.22. The van der Waals surface area contributed by atoms with Crippen molar-refractivity contribution in [1.29, 1.82) is 0 Å². The molecule has 1 amide bonds. The molecule has 0 spiro atoms. The summed E-state index contributed by atoms with van der Waals surface area (Å²) in [6.45, 7) is 6.17. The first-order chi connectivity index (χ1) is 7.58. The minimum atomic E-state index is -0.00792. The molecule has 0 atom stereocenters. The number of carbonyl (C=O) groups excluding carboxylic acids is 1. The first kappa shape index (κ1) is 11.1. The molecule has 2 rings (SSSR count). The molecule has 5 heteroatoms. The van der Waals surface area contributed by atoms with Crippen LogP contribution in [0.5, 0.6) is 0 Å². The summed E-state index contributed by atoms with van der Waals surface area (Å²) < 4.78 is 0. The Kier molecular flexibility index (Phi) is 2.94. The van der Waals surface area contributed by atoms with Gasteiger partial charge in [0.25, 0.3) is 5.91 Å². The third kappa shape index (κ3) is 2.40. The average molecular weight is 222 g/mol. The monoisotopic (exact) mass is 222 g/mol. The maximum absolute atomic E-state index is 12.0. The smallest absolute Gasteiger partial charge is 0.276 e. The zero-order valence-electron chi connectivity index (χ0n) is 9.86. The normalized spacial score (nSPS) is 20.5. The van der Waals surface area contributed by atoms with Gasteiger partial charge in [-0.05, 0) is 24.7 Å². The van der Waals surface area contributed by atoms with Gasteiger partial charge in [0.2, 0.25) is 0 Å². The molecular formula is C11H18N4O. The Bertz CT molecular complexity index is 358. The number of aromatic amines is 1. The van der Waals surface area contributed by atoms with E-state index < -0.39 is 0 Å². The van der Waals surface area contributed by atoms with Gasteiger partial charge in [-0.15, -0.1) is 0 Å². The van der Waals surface area contributed by atoms with Gasteiger partial charge in [0.05, 0.1) is 6.20 Å². The van der Waals surface area contributed by atoms with Crippen LogP contribution in [0.25, 0.3) is 0 Å². The first-order valence-corrected chi connectivity index (χ1v) is 5.73. The Morgan fingerprint density at radius 3 is 2.94 bits per heavy atom. The van der Waals surface area contributed by atoms with Crippen LogP contribution in [0.3, 0.4) is 0 Å². The highest BCUT2D eigenvalue weighted by atomic mass is 16.2. The van der Waals surface area contributed by atoms with E-state index in [0.29, 0.717) is 11.1 Å². The van der Waals surface area contributed by atoms with Gasteiger partial charge in [-0.25, -0.2) is 0 Å². The molecule has 0 aromatic carbocycles. The van der Waals surface area contributed by atoms with Crippen molar-refractivity contribution in [1.82, 2.24) is 20.3 Å². The molecule has 0 radical (unpaired) electrons. The zero-order valence-corrected chi connectivity index (χ0v) is 9.86. The van der Waals surface area contributed by atoms with Gasteiger partial charge in [-0.1, -0.05) is 13.8 Å². The number of carbonyl (C=O) groups is 1. The van der Waals surface area contributed by atoms with Crippen LogP contribution in [0.1, 0.15) is 43.6 Å². The van der Waals surface area contributed by atoms with Crippen molar-refractivity contribution in [2.45, 2.75) is 33.1 Å². The predicted octanol–water partition coefficient (Wildman–Crippen LogP) is 1.46. The van der Waals surface area contributed by atoms with Crippen molar-refractivity contribution in [3.05, 3.63) is 11.9 Å². The number of nitrogens with zero attached hydrogens (tertiary/aromatic N) is 3. The maximum atomic E-state index is 12.0.